The van der Waals surface area contributed by atoms with Gasteiger partial charge in [-0.25, -0.2) is 0 Å². The summed E-state index contributed by atoms with van der Waals surface area (Å²) < 4.78 is 10.9. The molecule has 0 unspecified atom stereocenters. The van der Waals surface area contributed by atoms with E-state index in [0.29, 0.717) is 34.6 Å². The van der Waals surface area contributed by atoms with E-state index in [0.717, 1.165) is 44.1 Å². The molecule has 0 heterocycles. The van der Waals surface area contributed by atoms with E-state index in [1.165, 1.54) is 12.5 Å². The number of hydrogen-bond donors (Lipinski definition) is 1. The first-order valence-corrected chi connectivity index (χ1v) is 12.0. The molecule has 2 aromatic rings. The number of aromatic hydroxyl groups is 1. The van der Waals surface area contributed by atoms with E-state index < -0.39 is 0 Å². The molecule has 2 saturated carbocycles. The smallest absolute Gasteiger partial charge is 0.302 e. The molecule has 5 nitrogen and oxygen atoms in total. The number of phenols is 1. The second-order valence-electron chi connectivity index (χ2n) is 10.3. The Bertz CT molecular complexity index is 1090. The molecule has 3 aliphatic rings. The first-order valence-electron chi connectivity index (χ1n) is 12.0. The Balaban J connectivity index is 1.45. The van der Waals surface area contributed by atoms with Gasteiger partial charge in [0.25, 0.3) is 0 Å². The lowest BCUT2D eigenvalue weighted by Gasteiger charge is -2.50. The van der Waals surface area contributed by atoms with E-state index >= 15 is 0 Å². The molecule has 0 spiro atoms. The number of esters is 1. The normalized spacial score (nSPS) is 30.0. The summed E-state index contributed by atoms with van der Waals surface area (Å²) in [5.74, 6) is 1.81. The Hall–Kier alpha value is -2.82. The van der Waals surface area contributed by atoms with Crippen molar-refractivity contribution in [1.29, 1.82) is 0 Å². The van der Waals surface area contributed by atoms with Gasteiger partial charge in [0.2, 0.25) is 0 Å². The second-order valence-corrected chi connectivity index (χ2v) is 10.3. The fourth-order valence-electron chi connectivity index (χ4n) is 7.03. The third-order valence-electron chi connectivity index (χ3n) is 8.66. The highest BCUT2D eigenvalue weighted by atomic mass is 16.5. The maximum absolute atomic E-state index is 13.2. The van der Waals surface area contributed by atoms with Crippen molar-refractivity contribution in [3.63, 3.8) is 0 Å². The molecule has 174 valence electrons. The van der Waals surface area contributed by atoms with E-state index in [4.69, 9.17) is 9.47 Å². The molecule has 2 fully saturated rings. The second kappa shape index (κ2) is 8.19. The summed E-state index contributed by atoms with van der Waals surface area (Å²) in [7, 11) is 1.59. The quantitative estimate of drug-likeness (QED) is 0.499. The van der Waals surface area contributed by atoms with Crippen molar-refractivity contribution >= 4 is 11.8 Å². The van der Waals surface area contributed by atoms with Gasteiger partial charge < -0.3 is 14.6 Å². The summed E-state index contributed by atoms with van der Waals surface area (Å²) in [5, 5.41) is 10.7. The molecule has 0 aliphatic heterocycles. The monoisotopic (exact) mass is 448 g/mol. The van der Waals surface area contributed by atoms with Crippen LogP contribution in [0, 0.1) is 17.3 Å². The van der Waals surface area contributed by atoms with Crippen LogP contribution in [0.1, 0.15) is 78.9 Å². The van der Waals surface area contributed by atoms with Crippen LogP contribution in [0.25, 0.3) is 0 Å². The number of methoxy groups -OCH3 is 1. The zero-order chi connectivity index (χ0) is 23.3. The van der Waals surface area contributed by atoms with Crippen LogP contribution in [-0.4, -0.2) is 30.1 Å². The van der Waals surface area contributed by atoms with Gasteiger partial charge in [-0.15, -0.1) is 0 Å². The van der Waals surface area contributed by atoms with Crippen LogP contribution in [0.5, 0.6) is 11.5 Å². The van der Waals surface area contributed by atoms with Gasteiger partial charge in [-0.2, -0.15) is 0 Å². The van der Waals surface area contributed by atoms with Crippen LogP contribution in [0.15, 0.2) is 36.4 Å². The molecule has 5 rings (SSSR count). The van der Waals surface area contributed by atoms with Crippen LogP contribution in [0.4, 0.5) is 0 Å². The first-order chi connectivity index (χ1) is 15.8. The number of aryl methyl sites for hydroxylation is 1. The van der Waals surface area contributed by atoms with Crippen LogP contribution < -0.4 is 4.74 Å². The van der Waals surface area contributed by atoms with Gasteiger partial charge in [-0.1, -0.05) is 6.92 Å². The zero-order valence-electron chi connectivity index (χ0n) is 19.6. The number of benzene rings is 2. The molecule has 0 aromatic heterocycles. The highest BCUT2D eigenvalue weighted by Crippen LogP contribution is 2.61. The van der Waals surface area contributed by atoms with E-state index in [1.54, 1.807) is 31.4 Å². The molecule has 0 amide bonds. The van der Waals surface area contributed by atoms with Gasteiger partial charge in [0.1, 0.15) is 17.6 Å². The summed E-state index contributed by atoms with van der Waals surface area (Å²) in [4.78, 5) is 24.9. The Kier molecular flexibility index (Phi) is 5.46. The van der Waals surface area contributed by atoms with Gasteiger partial charge >= 0.3 is 5.97 Å². The lowest BCUT2D eigenvalue weighted by atomic mass is 9.55. The summed E-state index contributed by atoms with van der Waals surface area (Å²) in [5.41, 5.74) is 3.33. The molecule has 5 atom stereocenters. The van der Waals surface area contributed by atoms with Crippen LogP contribution in [0.3, 0.4) is 0 Å². The molecule has 1 N–H and O–H groups in total. The number of carbonyl (C=O) groups excluding carboxylic acids is 2. The third kappa shape index (κ3) is 3.62. The third-order valence-corrected chi connectivity index (χ3v) is 8.66. The number of hydrogen-bond acceptors (Lipinski definition) is 5. The summed E-state index contributed by atoms with van der Waals surface area (Å²) in [6.45, 7) is 3.81. The molecule has 2 aromatic carbocycles. The number of ketones is 1. The van der Waals surface area contributed by atoms with Crippen molar-refractivity contribution in [3.8, 4) is 11.5 Å². The van der Waals surface area contributed by atoms with Crippen molar-refractivity contribution in [1.82, 2.24) is 0 Å². The molecular weight excluding hydrogens is 416 g/mol. The summed E-state index contributed by atoms with van der Waals surface area (Å²) in [6, 6.07) is 10.8. The zero-order valence-corrected chi connectivity index (χ0v) is 19.6. The Morgan fingerprint density at radius 3 is 2.52 bits per heavy atom. The lowest BCUT2D eigenvalue weighted by Crippen LogP contribution is -2.45. The molecule has 33 heavy (non-hydrogen) atoms. The Labute approximate surface area is 195 Å². The molecule has 0 radical (unpaired) electrons. The number of phenolic OH excluding ortho intramolecular Hbond substituents is 1. The maximum Gasteiger partial charge on any atom is 0.302 e. The van der Waals surface area contributed by atoms with Crippen LogP contribution >= 0.6 is 0 Å². The topological polar surface area (TPSA) is 72.8 Å². The predicted octanol–water partition coefficient (Wildman–Crippen LogP) is 5.42. The van der Waals surface area contributed by atoms with Gasteiger partial charge in [0, 0.05) is 17.9 Å². The van der Waals surface area contributed by atoms with Crippen molar-refractivity contribution in [2.45, 2.75) is 64.4 Å². The largest absolute Gasteiger partial charge is 0.507 e. The fourth-order valence-corrected chi connectivity index (χ4v) is 7.03. The average molecular weight is 449 g/mol. The SMILES string of the molecule is COc1ccc(C(=O)c2cc3c(cc2O)CC[C@@H]2[C@@H]3CC[C@]3(C)[C@@H](OC(C)=O)CC[C@@H]23)cc1. The molecule has 5 heteroatoms. The van der Waals surface area contributed by atoms with E-state index in [9.17, 15) is 14.7 Å². The first kappa shape index (κ1) is 22.0. The molecule has 0 bridgehead atoms. The van der Waals surface area contributed by atoms with E-state index in [1.807, 2.05) is 12.1 Å². The molecule has 0 saturated heterocycles. The van der Waals surface area contributed by atoms with Crippen molar-refractivity contribution < 1.29 is 24.2 Å². The summed E-state index contributed by atoms with van der Waals surface area (Å²) in [6.07, 6.45) is 6.05. The Morgan fingerprint density at radius 2 is 1.82 bits per heavy atom. The minimum atomic E-state index is -0.185. The van der Waals surface area contributed by atoms with Crippen molar-refractivity contribution in [2.75, 3.05) is 7.11 Å². The van der Waals surface area contributed by atoms with Gasteiger partial charge in [0.05, 0.1) is 12.7 Å². The number of carbonyl (C=O) groups is 2. The standard InChI is InChI=1S/C28H32O5/c1-16(29)33-26-11-10-24-21-9-6-18-14-25(30)23(15-22(18)20(21)12-13-28(24,26)2)27(31)17-4-7-19(32-3)8-5-17/h4-5,7-8,14-15,20-21,24,26,30H,6,9-13H2,1-3H3/t20-,21+,24-,26-,28-/m0/s1. The summed E-state index contributed by atoms with van der Waals surface area (Å²) >= 11 is 0. The molecule has 3 aliphatic carbocycles. The van der Waals surface area contributed by atoms with Gasteiger partial charge in [0.15, 0.2) is 5.78 Å². The lowest BCUT2D eigenvalue weighted by molar-refractivity contribution is -0.154. The number of ether oxygens (including phenoxy) is 2. The highest BCUT2D eigenvalue weighted by Gasteiger charge is 2.56. The van der Waals surface area contributed by atoms with Crippen LogP contribution in [-0.2, 0) is 16.0 Å². The van der Waals surface area contributed by atoms with E-state index in [-0.39, 0.29) is 29.0 Å². The van der Waals surface area contributed by atoms with Crippen LogP contribution in [0.2, 0.25) is 0 Å². The fraction of sp³-hybridized carbons (Fsp3) is 0.500. The van der Waals surface area contributed by atoms with Gasteiger partial charge in [-0.3, -0.25) is 9.59 Å². The van der Waals surface area contributed by atoms with Gasteiger partial charge in [-0.05, 0) is 104 Å². The number of rotatable bonds is 4. The molecular formula is C28H32O5. The van der Waals surface area contributed by atoms with Crippen molar-refractivity contribution in [3.05, 3.63) is 58.7 Å². The van der Waals surface area contributed by atoms with Crippen molar-refractivity contribution in [2.24, 2.45) is 17.3 Å². The Morgan fingerprint density at radius 1 is 1.06 bits per heavy atom. The minimum absolute atomic E-state index is 0.00868. The minimum Gasteiger partial charge on any atom is -0.507 e. The predicted molar refractivity (Wildman–Crippen MR) is 125 cm³/mol. The van der Waals surface area contributed by atoms with E-state index in [2.05, 4.69) is 6.92 Å². The highest BCUT2D eigenvalue weighted by molar-refractivity contribution is 6.10. The number of fused-ring (bicyclic) bond motifs is 5. The average Bonchev–Trinajstić information content (AvgIpc) is 3.13. The maximum atomic E-state index is 13.2.